The molecule has 2 nitrogen and oxygen atoms in total. The minimum atomic E-state index is 0.884. The number of hydrogen-bond donors (Lipinski definition) is 0. The number of thiophene rings is 1. The van der Waals surface area contributed by atoms with Crippen LogP contribution in [0.25, 0.3) is 97.0 Å². The molecule has 10 aromatic carbocycles. The number of para-hydroxylation sites is 1. The van der Waals surface area contributed by atoms with Crippen molar-refractivity contribution < 1.29 is 4.42 Å². The van der Waals surface area contributed by atoms with E-state index in [0.717, 1.165) is 55.5 Å². The quantitative estimate of drug-likeness (QED) is 0.167. The van der Waals surface area contributed by atoms with Gasteiger partial charge >= 0.3 is 0 Å². The molecule has 0 saturated heterocycles. The second-order valence-corrected chi connectivity index (χ2v) is 16.3. The molecule has 59 heavy (non-hydrogen) atoms. The summed E-state index contributed by atoms with van der Waals surface area (Å²) in [5.41, 5.74) is 12.1. The topological polar surface area (TPSA) is 16.4 Å². The van der Waals surface area contributed by atoms with E-state index in [0.29, 0.717) is 0 Å². The van der Waals surface area contributed by atoms with Gasteiger partial charge in [-0.1, -0.05) is 146 Å². The molecule has 12 rings (SSSR count). The molecule has 12 aromatic rings. The predicted octanol–water partition coefficient (Wildman–Crippen LogP) is 16.7. The van der Waals surface area contributed by atoms with Gasteiger partial charge in [-0.05, 0) is 111 Å². The van der Waals surface area contributed by atoms with E-state index in [9.17, 15) is 0 Å². The lowest BCUT2D eigenvalue weighted by molar-refractivity contribution is 0.673. The van der Waals surface area contributed by atoms with Crippen LogP contribution in [-0.2, 0) is 0 Å². The van der Waals surface area contributed by atoms with Crippen LogP contribution >= 0.6 is 11.3 Å². The van der Waals surface area contributed by atoms with Crippen LogP contribution in [0, 0.1) is 0 Å². The first-order chi connectivity index (χ1) is 29.2. The number of fused-ring (bicyclic) bond motifs is 9. The van der Waals surface area contributed by atoms with Crippen LogP contribution in [0.15, 0.2) is 217 Å². The fourth-order valence-corrected chi connectivity index (χ4v) is 10.1. The van der Waals surface area contributed by atoms with Crippen LogP contribution in [0.5, 0.6) is 0 Å². The van der Waals surface area contributed by atoms with Crippen molar-refractivity contribution in [3.63, 3.8) is 0 Å². The lowest BCUT2D eigenvalue weighted by Gasteiger charge is -2.28. The summed E-state index contributed by atoms with van der Waals surface area (Å²) < 4.78 is 9.30. The maximum absolute atomic E-state index is 6.67. The van der Waals surface area contributed by atoms with Gasteiger partial charge in [0.15, 0.2) is 0 Å². The summed E-state index contributed by atoms with van der Waals surface area (Å²) in [7, 11) is 0. The molecule has 276 valence electrons. The molecule has 0 N–H and O–H groups in total. The summed E-state index contributed by atoms with van der Waals surface area (Å²) in [6, 6.07) is 77.0. The molecule has 0 saturated carbocycles. The molecule has 0 atom stereocenters. The van der Waals surface area contributed by atoms with Crippen LogP contribution in [-0.4, -0.2) is 0 Å². The average molecular weight is 770 g/mol. The standard InChI is InChI=1S/C56H35NOS/c1-2-12-40-34-41(21-20-36(40)10-1)37-22-28-43(29-23-37)57(44-30-24-38(25-31-44)42-27-33-54-50(35-42)47-15-6-8-19-53(47)59-54)51-17-7-5-14-46(51)48-16-9-18-52-55(48)49-32-26-39-11-3-4-13-45(39)56(49)58-52/h1-35H. The molecule has 0 bridgehead atoms. The molecule has 2 aromatic heterocycles. The first-order valence-corrected chi connectivity index (χ1v) is 20.9. The largest absolute Gasteiger partial charge is 0.455 e. The van der Waals surface area contributed by atoms with Crippen molar-refractivity contribution in [1.29, 1.82) is 0 Å². The Morgan fingerprint density at radius 2 is 0.949 bits per heavy atom. The summed E-state index contributed by atoms with van der Waals surface area (Å²) in [6.07, 6.45) is 0. The van der Waals surface area contributed by atoms with Crippen LogP contribution in [0.2, 0.25) is 0 Å². The highest BCUT2D eigenvalue weighted by molar-refractivity contribution is 7.25. The summed E-state index contributed by atoms with van der Waals surface area (Å²) in [4.78, 5) is 2.40. The van der Waals surface area contributed by atoms with Crippen LogP contribution in [0.1, 0.15) is 0 Å². The van der Waals surface area contributed by atoms with E-state index in [1.807, 2.05) is 11.3 Å². The highest BCUT2D eigenvalue weighted by atomic mass is 32.1. The zero-order chi connectivity index (χ0) is 38.9. The van der Waals surface area contributed by atoms with E-state index in [4.69, 9.17) is 4.42 Å². The average Bonchev–Trinajstić information content (AvgIpc) is 3.88. The number of anilines is 3. The Labute approximate surface area is 345 Å². The first kappa shape index (κ1) is 33.7. The van der Waals surface area contributed by atoms with E-state index < -0.39 is 0 Å². The smallest absolute Gasteiger partial charge is 0.143 e. The highest BCUT2D eigenvalue weighted by Gasteiger charge is 2.21. The SMILES string of the molecule is c1ccc(N(c2ccc(-c3ccc4ccccc4c3)cc2)c2ccc(-c3ccc4sc5ccccc5c4c3)cc2)c(-c2cccc3oc4c5ccccc5ccc4c23)c1. The molecule has 0 aliphatic carbocycles. The van der Waals surface area contributed by atoms with Crippen LogP contribution in [0.3, 0.4) is 0 Å². The van der Waals surface area contributed by atoms with Crippen molar-refractivity contribution >= 4 is 92.1 Å². The fourth-order valence-electron chi connectivity index (χ4n) is 8.98. The van der Waals surface area contributed by atoms with Crippen molar-refractivity contribution in [2.75, 3.05) is 4.90 Å². The third-order valence-corrected chi connectivity index (χ3v) is 13.0. The molecule has 0 aliphatic heterocycles. The second-order valence-electron chi connectivity index (χ2n) is 15.3. The Hall–Kier alpha value is -7.46. The van der Waals surface area contributed by atoms with Crippen molar-refractivity contribution in [3.05, 3.63) is 212 Å². The first-order valence-electron chi connectivity index (χ1n) is 20.1. The fraction of sp³-hybridized carbons (Fsp3) is 0. The van der Waals surface area contributed by atoms with Gasteiger partial charge in [0.1, 0.15) is 11.2 Å². The number of rotatable bonds is 6. The Balaban J connectivity index is 1.01. The van der Waals surface area contributed by atoms with Crippen molar-refractivity contribution in [2.24, 2.45) is 0 Å². The van der Waals surface area contributed by atoms with E-state index in [1.165, 1.54) is 58.6 Å². The Bertz CT molecular complexity index is 3560. The van der Waals surface area contributed by atoms with Gasteiger partial charge in [-0.3, -0.25) is 0 Å². The number of nitrogens with zero attached hydrogens (tertiary/aromatic N) is 1. The molecule has 2 heterocycles. The summed E-state index contributed by atoms with van der Waals surface area (Å²) in [5, 5.41) is 9.65. The second kappa shape index (κ2) is 13.6. The molecule has 0 spiro atoms. The van der Waals surface area contributed by atoms with Gasteiger partial charge in [-0.2, -0.15) is 0 Å². The van der Waals surface area contributed by atoms with Crippen LogP contribution < -0.4 is 4.90 Å². The summed E-state index contributed by atoms with van der Waals surface area (Å²) in [6.45, 7) is 0. The summed E-state index contributed by atoms with van der Waals surface area (Å²) >= 11 is 1.86. The molecule has 0 amide bonds. The van der Waals surface area contributed by atoms with Gasteiger partial charge < -0.3 is 9.32 Å². The van der Waals surface area contributed by atoms with Gasteiger partial charge in [0.05, 0.1) is 5.69 Å². The van der Waals surface area contributed by atoms with Gasteiger partial charge in [-0.25, -0.2) is 0 Å². The molecule has 0 radical (unpaired) electrons. The van der Waals surface area contributed by atoms with Crippen LogP contribution in [0.4, 0.5) is 17.1 Å². The normalized spacial score (nSPS) is 11.7. The Morgan fingerprint density at radius 3 is 1.76 bits per heavy atom. The van der Waals surface area contributed by atoms with E-state index >= 15 is 0 Å². The maximum atomic E-state index is 6.67. The minimum absolute atomic E-state index is 0.884. The molecule has 0 fully saturated rings. The maximum Gasteiger partial charge on any atom is 0.143 e. The third kappa shape index (κ3) is 5.62. The van der Waals surface area contributed by atoms with Crippen molar-refractivity contribution in [2.45, 2.75) is 0 Å². The third-order valence-electron chi connectivity index (χ3n) is 11.9. The lowest BCUT2D eigenvalue weighted by atomic mass is 9.95. The number of benzene rings is 10. The molecule has 0 aliphatic rings. The van der Waals surface area contributed by atoms with Gasteiger partial charge in [0, 0.05) is 53.3 Å². The number of hydrogen-bond acceptors (Lipinski definition) is 3. The highest BCUT2D eigenvalue weighted by Crippen LogP contribution is 2.46. The monoisotopic (exact) mass is 769 g/mol. The minimum Gasteiger partial charge on any atom is -0.455 e. The molecule has 3 heteroatoms. The van der Waals surface area contributed by atoms with Crippen molar-refractivity contribution in [3.8, 4) is 33.4 Å². The lowest BCUT2D eigenvalue weighted by Crippen LogP contribution is -2.11. The van der Waals surface area contributed by atoms with Gasteiger partial charge in [0.25, 0.3) is 0 Å². The van der Waals surface area contributed by atoms with E-state index in [1.54, 1.807) is 0 Å². The zero-order valence-electron chi connectivity index (χ0n) is 32.0. The van der Waals surface area contributed by atoms with E-state index in [-0.39, 0.29) is 0 Å². The zero-order valence-corrected chi connectivity index (χ0v) is 32.8. The van der Waals surface area contributed by atoms with Crippen molar-refractivity contribution in [1.82, 2.24) is 0 Å². The Morgan fingerprint density at radius 1 is 0.356 bits per heavy atom. The summed E-state index contributed by atoms with van der Waals surface area (Å²) in [5.74, 6) is 0. The molecular weight excluding hydrogens is 735 g/mol. The van der Waals surface area contributed by atoms with E-state index in [2.05, 4.69) is 217 Å². The Kier molecular flexibility index (Phi) is 7.75. The molecular formula is C56H35NOS. The van der Waals surface area contributed by atoms with Gasteiger partial charge in [-0.15, -0.1) is 11.3 Å². The molecule has 0 unspecified atom stereocenters. The number of furan rings is 1. The van der Waals surface area contributed by atoms with Gasteiger partial charge in [0.2, 0.25) is 0 Å². The predicted molar refractivity (Wildman–Crippen MR) is 253 cm³/mol.